The van der Waals surface area contributed by atoms with E-state index in [-0.39, 0.29) is 5.84 Å². The van der Waals surface area contributed by atoms with Gasteiger partial charge in [0.2, 0.25) is 0 Å². The number of amidine groups is 1. The van der Waals surface area contributed by atoms with E-state index in [2.05, 4.69) is 4.99 Å². The molecule has 0 spiro atoms. The predicted molar refractivity (Wildman–Crippen MR) is 135 cm³/mol. The van der Waals surface area contributed by atoms with Crippen LogP contribution in [0.1, 0.15) is 45.7 Å². The van der Waals surface area contributed by atoms with Gasteiger partial charge in [0, 0.05) is 22.0 Å². The first-order valence-corrected chi connectivity index (χ1v) is 11.2. The van der Waals surface area contributed by atoms with Gasteiger partial charge in [0.05, 0.1) is 11.2 Å². The normalized spacial score (nSPS) is 17.7. The molecule has 4 aromatic rings. The van der Waals surface area contributed by atoms with Gasteiger partial charge in [-0.2, -0.15) is 0 Å². The highest BCUT2D eigenvalue weighted by Gasteiger charge is 2.51. The Bertz CT molecular complexity index is 1390. The van der Waals surface area contributed by atoms with E-state index < -0.39 is 18.3 Å². The fraction of sp³-hybridized carbons (Fsp3) is 0.259. The van der Waals surface area contributed by atoms with Crippen LogP contribution in [-0.2, 0) is 9.31 Å². The molecule has 1 saturated heterocycles. The SMILES string of the molecule is CC(=NC(=N)c1cccc2oc3ccc(B4OC(C)(C)C(C)(C)O4)cc3c12)c1ccccc1. The Morgan fingerprint density at radius 3 is 2.24 bits per heavy atom. The van der Waals surface area contributed by atoms with Gasteiger partial charge < -0.3 is 13.7 Å². The van der Waals surface area contributed by atoms with Gasteiger partial charge in [0.25, 0.3) is 0 Å². The molecule has 1 aliphatic rings. The van der Waals surface area contributed by atoms with E-state index in [1.807, 2.05) is 101 Å². The molecule has 0 bridgehead atoms. The van der Waals surface area contributed by atoms with Crippen LogP contribution < -0.4 is 5.46 Å². The Morgan fingerprint density at radius 1 is 0.848 bits per heavy atom. The highest BCUT2D eigenvalue weighted by Crippen LogP contribution is 2.37. The molecule has 1 aliphatic heterocycles. The molecule has 0 atom stereocenters. The second kappa shape index (κ2) is 7.68. The molecule has 6 heteroatoms. The van der Waals surface area contributed by atoms with E-state index in [0.717, 1.165) is 44.2 Å². The monoisotopic (exact) mass is 438 g/mol. The minimum Gasteiger partial charge on any atom is -0.456 e. The molecule has 0 radical (unpaired) electrons. The number of fused-ring (bicyclic) bond motifs is 3. The first-order chi connectivity index (χ1) is 15.7. The van der Waals surface area contributed by atoms with Crippen LogP contribution in [0, 0.1) is 5.41 Å². The Balaban J connectivity index is 1.59. The molecule has 166 valence electrons. The molecule has 1 aromatic heterocycles. The number of nitrogens with zero attached hydrogens (tertiary/aromatic N) is 1. The Kier molecular flexibility index (Phi) is 5.03. The van der Waals surface area contributed by atoms with Gasteiger partial charge in [-0.25, -0.2) is 4.99 Å². The molecule has 5 nitrogen and oxygen atoms in total. The van der Waals surface area contributed by atoms with Crippen LogP contribution in [0.15, 0.2) is 76.1 Å². The van der Waals surface area contributed by atoms with Gasteiger partial charge in [-0.05, 0) is 57.8 Å². The topological polar surface area (TPSA) is 67.8 Å². The summed E-state index contributed by atoms with van der Waals surface area (Å²) in [5.74, 6) is 0.200. The second-order valence-corrected chi connectivity index (χ2v) is 9.54. The van der Waals surface area contributed by atoms with Crippen LogP contribution >= 0.6 is 0 Å². The van der Waals surface area contributed by atoms with E-state index in [1.54, 1.807) is 0 Å². The molecule has 1 fully saturated rings. The Labute approximate surface area is 194 Å². The summed E-state index contributed by atoms with van der Waals surface area (Å²) in [4.78, 5) is 4.60. The van der Waals surface area contributed by atoms with Crippen LogP contribution in [0.4, 0.5) is 0 Å². The molecule has 1 N–H and O–H groups in total. The second-order valence-electron chi connectivity index (χ2n) is 9.54. The van der Waals surface area contributed by atoms with Gasteiger partial charge in [0.15, 0.2) is 5.84 Å². The van der Waals surface area contributed by atoms with Gasteiger partial charge in [-0.1, -0.05) is 54.6 Å². The lowest BCUT2D eigenvalue weighted by molar-refractivity contribution is 0.00578. The number of benzene rings is 3. The van der Waals surface area contributed by atoms with E-state index in [4.69, 9.17) is 19.1 Å². The molecule has 33 heavy (non-hydrogen) atoms. The summed E-state index contributed by atoms with van der Waals surface area (Å²) in [7, 11) is -0.464. The first kappa shape index (κ1) is 21.6. The van der Waals surface area contributed by atoms with Crippen molar-refractivity contribution in [2.75, 3.05) is 0 Å². The Morgan fingerprint density at radius 2 is 1.55 bits per heavy atom. The van der Waals surface area contributed by atoms with Gasteiger partial charge >= 0.3 is 7.12 Å². The van der Waals surface area contributed by atoms with E-state index in [1.165, 1.54) is 0 Å². The van der Waals surface area contributed by atoms with E-state index >= 15 is 0 Å². The van der Waals surface area contributed by atoms with E-state index in [0.29, 0.717) is 0 Å². The maximum atomic E-state index is 8.75. The summed E-state index contributed by atoms with van der Waals surface area (Å²) >= 11 is 0. The standard InChI is InChI=1S/C27H27BN2O3/c1-17(18-10-7-6-8-11-18)30-25(29)20-12-9-13-23-24(20)21-16-19(14-15-22(21)31-23)28-32-26(2,3)27(4,5)33-28/h6-16,29H,1-5H3. The molecule has 0 amide bonds. The summed E-state index contributed by atoms with van der Waals surface area (Å²) in [6.45, 7) is 10.1. The maximum absolute atomic E-state index is 8.75. The summed E-state index contributed by atoms with van der Waals surface area (Å²) in [5.41, 5.74) is 4.10. The highest BCUT2D eigenvalue weighted by atomic mass is 16.7. The van der Waals surface area contributed by atoms with Crippen LogP contribution in [-0.4, -0.2) is 29.9 Å². The molecule has 0 unspecified atom stereocenters. The summed E-state index contributed by atoms with van der Waals surface area (Å²) in [6, 6.07) is 21.6. The van der Waals surface area contributed by atoms with Crippen LogP contribution in [0.25, 0.3) is 21.9 Å². The lowest BCUT2D eigenvalue weighted by atomic mass is 9.78. The van der Waals surface area contributed by atoms with E-state index in [9.17, 15) is 0 Å². The third kappa shape index (κ3) is 3.69. The molecular weight excluding hydrogens is 411 g/mol. The van der Waals surface area contributed by atoms with Crippen molar-refractivity contribution in [1.29, 1.82) is 5.41 Å². The Hall–Kier alpha value is -3.22. The highest BCUT2D eigenvalue weighted by molar-refractivity contribution is 6.62. The van der Waals surface area contributed by atoms with Crippen molar-refractivity contribution in [2.24, 2.45) is 4.99 Å². The molecule has 3 aromatic carbocycles. The van der Waals surface area contributed by atoms with Crippen molar-refractivity contribution >= 4 is 46.1 Å². The number of nitrogens with one attached hydrogen (secondary N) is 1. The number of hydrogen-bond acceptors (Lipinski definition) is 4. The van der Waals surface area contributed by atoms with Crippen molar-refractivity contribution < 1.29 is 13.7 Å². The minimum absolute atomic E-state index is 0.200. The van der Waals surface area contributed by atoms with Crippen LogP contribution in [0.3, 0.4) is 0 Å². The molecule has 0 aliphatic carbocycles. The zero-order valence-electron chi connectivity index (χ0n) is 19.6. The zero-order chi connectivity index (χ0) is 23.4. The van der Waals surface area contributed by atoms with Crippen LogP contribution in [0.2, 0.25) is 0 Å². The fourth-order valence-electron chi connectivity index (χ4n) is 4.14. The summed E-state index contributed by atoms with van der Waals surface area (Å²) < 4.78 is 18.6. The molecule has 5 rings (SSSR count). The van der Waals surface area contributed by atoms with Crippen LogP contribution in [0.5, 0.6) is 0 Å². The van der Waals surface area contributed by atoms with Crippen molar-refractivity contribution in [3.8, 4) is 0 Å². The maximum Gasteiger partial charge on any atom is 0.494 e. The third-order valence-electron chi connectivity index (χ3n) is 6.77. The predicted octanol–water partition coefficient (Wildman–Crippen LogP) is 5.72. The van der Waals surface area contributed by atoms with Crippen molar-refractivity contribution in [3.05, 3.63) is 77.9 Å². The van der Waals surface area contributed by atoms with Crippen molar-refractivity contribution in [1.82, 2.24) is 0 Å². The quantitative estimate of drug-likeness (QED) is 0.253. The molecule has 0 saturated carbocycles. The summed E-state index contributed by atoms with van der Waals surface area (Å²) in [5, 5.41) is 10.5. The minimum atomic E-state index is -0.464. The van der Waals surface area contributed by atoms with Gasteiger partial charge in [-0.3, -0.25) is 5.41 Å². The largest absolute Gasteiger partial charge is 0.494 e. The number of rotatable bonds is 3. The van der Waals surface area contributed by atoms with Gasteiger partial charge in [0.1, 0.15) is 11.2 Å². The lowest BCUT2D eigenvalue weighted by Gasteiger charge is -2.32. The molecular formula is C27H27BN2O3. The number of aliphatic imine (C=N–C) groups is 1. The smallest absolute Gasteiger partial charge is 0.456 e. The average Bonchev–Trinajstić information content (AvgIpc) is 3.26. The summed E-state index contributed by atoms with van der Waals surface area (Å²) in [6.07, 6.45) is 0. The van der Waals surface area contributed by atoms with Crippen molar-refractivity contribution in [3.63, 3.8) is 0 Å². The third-order valence-corrected chi connectivity index (χ3v) is 6.77. The van der Waals surface area contributed by atoms with Gasteiger partial charge in [-0.15, -0.1) is 0 Å². The number of hydrogen-bond donors (Lipinski definition) is 1. The molecule has 2 heterocycles. The zero-order valence-corrected chi connectivity index (χ0v) is 19.6. The average molecular weight is 438 g/mol. The van der Waals surface area contributed by atoms with Crippen molar-refractivity contribution in [2.45, 2.75) is 45.8 Å². The first-order valence-electron chi connectivity index (χ1n) is 11.2. The fourth-order valence-corrected chi connectivity index (χ4v) is 4.14. The lowest BCUT2D eigenvalue weighted by Crippen LogP contribution is -2.41. The number of furan rings is 1.